The van der Waals surface area contributed by atoms with Crippen molar-refractivity contribution >= 4 is 22.4 Å². The van der Waals surface area contributed by atoms with Crippen molar-refractivity contribution in [3.63, 3.8) is 0 Å². The molecule has 1 heterocycles. The molecule has 110 valence electrons. The number of nitrogens with zero attached hydrogens (tertiary/aromatic N) is 1. The maximum absolute atomic E-state index is 12.1. The Morgan fingerprint density at radius 3 is 2.36 bits per heavy atom. The molecule has 0 saturated carbocycles. The number of hydrogen-bond acceptors (Lipinski definition) is 3. The standard InChI is InChI=1S/C18H16N2OS/c21-17(15-9-5-2-6-10-15)20-18-19-16(13-22-18)12-11-14-7-3-1-4-8-14/h1-10,13H,11-12H2,(H,19,20,21). The normalized spacial score (nSPS) is 10.4. The van der Waals surface area contributed by atoms with Crippen molar-refractivity contribution < 1.29 is 4.79 Å². The lowest BCUT2D eigenvalue weighted by atomic mass is 10.1. The lowest BCUT2D eigenvalue weighted by Gasteiger charge is -2.01. The van der Waals surface area contributed by atoms with Gasteiger partial charge in [0.1, 0.15) is 0 Å². The summed E-state index contributed by atoms with van der Waals surface area (Å²) in [5.74, 6) is -0.121. The molecular weight excluding hydrogens is 292 g/mol. The zero-order valence-corrected chi connectivity index (χ0v) is 12.8. The predicted molar refractivity (Wildman–Crippen MR) is 90.4 cm³/mol. The molecule has 0 spiro atoms. The summed E-state index contributed by atoms with van der Waals surface area (Å²) in [5, 5.41) is 5.50. The average Bonchev–Trinajstić information content (AvgIpc) is 3.02. The second-order valence-corrected chi connectivity index (χ2v) is 5.81. The van der Waals surface area contributed by atoms with Crippen molar-refractivity contribution in [1.29, 1.82) is 0 Å². The first-order chi connectivity index (χ1) is 10.8. The van der Waals surface area contributed by atoms with E-state index in [2.05, 4.69) is 22.4 Å². The van der Waals surface area contributed by atoms with Crippen LogP contribution in [-0.2, 0) is 12.8 Å². The van der Waals surface area contributed by atoms with Gasteiger partial charge in [-0.05, 0) is 30.5 Å². The van der Waals surface area contributed by atoms with E-state index in [-0.39, 0.29) is 5.91 Å². The molecule has 0 saturated heterocycles. The number of thiazole rings is 1. The number of nitrogens with one attached hydrogen (secondary N) is 1. The zero-order chi connectivity index (χ0) is 15.2. The number of benzene rings is 2. The fourth-order valence-electron chi connectivity index (χ4n) is 2.16. The monoisotopic (exact) mass is 308 g/mol. The first kappa shape index (κ1) is 14.5. The number of anilines is 1. The van der Waals surface area contributed by atoms with Gasteiger partial charge in [-0.1, -0.05) is 48.5 Å². The Morgan fingerprint density at radius 1 is 0.955 bits per heavy atom. The van der Waals surface area contributed by atoms with Gasteiger partial charge in [-0.3, -0.25) is 10.1 Å². The third kappa shape index (κ3) is 3.80. The maximum Gasteiger partial charge on any atom is 0.257 e. The van der Waals surface area contributed by atoms with Gasteiger partial charge < -0.3 is 0 Å². The van der Waals surface area contributed by atoms with Crippen molar-refractivity contribution in [2.75, 3.05) is 5.32 Å². The topological polar surface area (TPSA) is 42.0 Å². The highest BCUT2D eigenvalue weighted by Gasteiger charge is 2.08. The fraction of sp³-hybridized carbons (Fsp3) is 0.111. The second kappa shape index (κ2) is 7.00. The number of carbonyl (C=O) groups excluding carboxylic acids is 1. The van der Waals surface area contributed by atoms with E-state index in [1.807, 2.05) is 41.8 Å². The van der Waals surface area contributed by atoms with Gasteiger partial charge in [0.05, 0.1) is 5.69 Å². The van der Waals surface area contributed by atoms with Gasteiger partial charge in [-0.15, -0.1) is 11.3 Å². The summed E-state index contributed by atoms with van der Waals surface area (Å²) in [4.78, 5) is 16.5. The van der Waals surface area contributed by atoms with Crippen LogP contribution in [0.2, 0.25) is 0 Å². The first-order valence-corrected chi connectivity index (χ1v) is 8.04. The largest absolute Gasteiger partial charge is 0.298 e. The van der Waals surface area contributed by atoms with E-state index in [1.165, 1.54) is 16.9 Å². The zero-order valence-electron chi connectivity index (χ0n) is 12.0. The highest BCUT2D eigenvalue weighted by Crippen LogP contribution is 2.18. The molecule has 1 amide bonds. The Hall–Kier alpha value is -2.46. The number of rotatable bonds is 5. The van der Waals surface area contributed by atoms with Gasteiger partial charge in [0.25, 0.3) is 5.91 Å². The molecule has 0 fully saturated rings. The van der Waals surface area contributed by atoms with Crippen LogP contribution in [0.3, 0.4) is 0 Å². The Balaban J connectivity index is 1.58. The van der Waals surface area contributed by atoms with Crippen LogP contribution in [0.15, 0.2) is 66.0 Å². The average molecular weight is 308 g/mol. The van der Waals surface area contributed by atoms with Crippen LogP contribution in [-0.4, -0.2) is 10.9 Å². The minimum atomic E-state index is -0.121. The highest BCUT2D eigenvalue weighted by atomic mass is 32.1. The molecule has 0 aliphatic rings. The molecule has 3 aromatic rings. The van der Waals surface area contributed by atoms with E-state index in [0.717, 1.165) is 18.5 Å². The van der Waals surface area contributed by atoms with Gasteiger partial charge in [0.15, 0.2) is 5.13 Å². The van der Waals surface area contributed by atoms with Gasteiger partial charge in [0, 0.05) is 10.9 Å². The summed E-state index contributed by atoms with van der Waals surface area (Å²) in [6.45, 7) is 0. The van der Waals surface area contributed by atoms with E-state index < -0.39 is 0 Å². The smallest absolute Gasteiger partial charge is 0.257 e. The fourth-order valence-corrected chi connectivity index (χ4v) is 2.89. The van der Waals surface area contributed by atoms with E-state index in [0.29, 0.717) is 10.7 Å². The Morgan fingerprint density at radius 2 is 1.64 bits per heavy atom. The molecule has 1 aromatic heterocycles. The summed E-state index contributed by atoms with van der Waals surface area (Å²) in [5.41, 5.74) is 2.95. The molecule has 0 radical (unpaired) electrons. The molecule has 22 heavy (non-hydrogen) atoms. The number of carbonyl (C=O) groups is 1. The van der Waals surface area contributed by atoms with Crippen molar-refractivity contribution in [1.82, 2.24) is 4.98 Å². The molecule has 4 heteroatoms. The lowest BCUT2D eigenvalue weighted by Crippen LogP contribution is -2.11. The SMILES string of the molecule is O=C(Nc1nc(CCc2ccccc2)cs1)c1ccccc1. The molecule has 1 N–H and O–H groups in total. The van der Waals surface area contributed by atoms with Crippen LogP contribution in [0.4, 0.5) is 5.13 Å². The quantitative estimate of drug-likeness (QED) is 0.768. The van der Waals surface area contributed by atoms with Gasteiger partial charge in [-0.25, -0.2) is 4.98 Å². The lowest BCUT2D eigenvalue weighted by molar-refractivity contribution is 0.102. The summed E-state index contributed by atoms with van der Waals surface area (Å²) >= 11 is 1.46. The van der Waals surface area contributed by atoms with Crippen molar-refractivity contribution in [3.8, 4) is 0 Å². The van der Waals surface area contributed by atoms with Crippen LogP contribution in [0, 0.1) is 0 Å². The molecule has 2 aromatic carbocycles. The maximum atomic E-state index is 12.1. The predicted octanol–water partition coefficient (Wildman–Crippen LogP) is 4.18. The van der Waals surface area contributed by atoms with E-state index in [4.69, 9.17) is 0 Å². The Labute approximate surface area is 133 Å². The molecule has 0 aliphatic heterocycles. The van der Waals surface area contributed by atoms with Crippen molar-refractivity contribution in [2.24, 2.45) is 0 Å². The van der Waals surface area contributed by atoms with Crippen LogP contribution in [0.5, 0.6) is 0 Å². The summed E-state index contributed by atoms with van der Waals surface area (Å²) < 4.78 is 0. The van der Waals surface area contributed by atoms with Crippen LogP contribution in [0.1, 0.15) is 21.6 Å². The molecule has 0 aliphatic carbocycles. The van der Waals surface area contributed by atoms with E-state index >= 15 is 0 Å². The van der Waals surface area contributed by atoms with Crippen LogP contribution >= 0.6 is 11.3 Å². The first-order valence-electron chi connectivity index (χ1n) is 7.16. The summed E-state index contributed by atoms with van der Waals surface area (Å²) in [6.07, 6.45) is 1.83. The van der Waals surface area contributed by atoms with Gasteiger partial charge in [0.2, 0.25) is 0 Å². The molecule has 0 bridgehead atoms. The van der Waals surface area contributed by atoms with E-state index in [9.17, 15) is 4.79 Å². The number of hydrogen-bond donors (Lipinski definition) is 1. The van der Waals surface area contributed by atoms with Crippen molar-refractivity contribution in [2.45, 2.75) is 12.8 Å². The molecule has 0 atom stereocenters. The minimum absolute atomic E-state index is 0.121. The third-order valence-corrected chi connectivity index (χ3v) is 4.13. The Bertz CT molecular complexity index is 738. The highest BCUT2D eigenvalue weighted by molar-refractivity contribution is 7.13. The van der Waals surface area contributed by atoms with Crippen LogP contribution in [0.25, 0.3) is 0 Å². The van der Waals surface area contributed by atoms with Crippen molar-refractivity contribution in [3.05, 3.63) is 82.9 Å². The van der Waals surface area contributed by atoms with Gasteiger partial charge in [-0.2, -0.15) is 0 Å². The number of aromatic nitrogens is 1. The molecule has 3 rings (SSSR count). The molecular formula is C18H16N2OS. The van der Waals surface area contributed by atoms with Crippen LogP contribution < -0.4 is 5.32 Å². The second-order valence-electron chi connectivity index (χ2n) is 4.95. The van der Waals surface area contributed by atoms with Gasteiger partial charge >= 0.3 is 0 Å². The summed E-state index contributed by atoms with van der Waals surface area (Å²) in [6, 6.07) is 19.5. The van der Waals surface area contributed by atoms with E-state index in [1.54, 1.807) is 12.1 Å². The molecule has 0 unspecified atom stereocenters. The Kier molecular flexibility index (Phi) is 4.61. The number of aryl methyl sites for hydroxylation is 2. The minimum Gasteiger partial charge on any atom is -0.298 e. The molecule has 3 nitrogen and oxygen atoms in total. The summed E-state index contributed by atoms with van der Waals surface area (Å²) in [7, 11) is 0. The third-order valence-electron chi connectivity index (χ3n) is 3.32. The number of amides is 1.